The van der Waals surface area contributed by atoms with E-state index in [-0.39, 0.29) is 16.9 Å². The lowest BCUT2D eigenvalue weighted by Crippen LogP contribution is -2.56. The monoisotopic (exact) mass is 428 g/mol. The molecular formula is C27H40O4. The van der Waals surface area contributed by atoms with E-state index in [1.807, 2.05) is 0 Å². The van der Waals surface area contributed by atoms with E-state index in [0.717, 1.165) is 32.1 Å². The maximum atomic E-state index is 11.1. The Hall–Kier alpha value is -0.680. The molecule has 6 aliphatic rings. The highest BCUT2D eigenvalue weighted by atomic mass is 16.7. The second-order valence-corrected chi connectivity index (χ2v) is 12.3. The van der Waals surface area contributed by atoms with Crippen LogP contribution in [0.25, 0.3) is 0 Å². The predicted octanol–water partition coefficient (Wildman–Crippen LogP) is 4.60. The lowest BCUT2D eigenvalue weighted by Gasteiger charge is -2.59. The van der Waals surface area contributed by atoms with Crippen molar-refractivity contribution in [1.29, 1.82) is 0 Å². The summed E-state index contributed by atoms with van der Waals surface area (Å²) in [4.78, 5) is 0. The van der Waals surface area contributed by atoms with Gasteiger partial charge in [0.2, 0.25) is 0 Å². The molecule has 0 radical (unpaired) electrons. The minimum absolute atomic E-state index is 0.165. The summed E-state index contributed by atoms with van der Waals surface area (Å²) in [5.41, 5.74) is 2.63. The van der Waals surface area contributed by atoms with Crippen molar-refractivity contribution in [3.8, 4) is 0 Å². The van der Waals surface area contributed by atoms with E-state index in [9.17, 15) is 10.2 Å². The molecule has 0 aromatic rings. The van der Waals surface area contributed by atoms with Gasteiger partial charge in [0.1, 0.15) is 0 Å². The maximum absolute atomic E-state index is 11.1. The number of aliphatic hydroxyl groups is 2. The van der Waals surface area contributed by atoms with Crippen LogP contribution in [0.1, 0.15) is 72.1 Å². The van der Waals surface area contributed by atoms with Gasteiger partial charge in [0.25, 0.3) is 0 Å². The van der Waals surface area contributed by atoms with Gasteiger partial charge < -0.3 is 19.7 Å². The van der Waals surface area contributed by atoms with Crippen LogP contribution in [-0.2, 0) is 9.47 Å². The van der Waals surface area contributed by atoms with Crippen molar-refractivity contribution in [2.24, 2.45) is 40.4 Å². The highest BCUT2D eigenvalue weighted by molar-refractivity contribution is 5.28. The third-order valence-electron chi connectivity index (χ3n) is 11.2. The minimum atomic E-state index is -0.428. The second-order valence-electron chi connectivity index (χ2n) is 12.3. The van der Waals surface area contributed by atoms with Gasteiger partial charge in [-0.05, 0) is 67.6 Å². The van der Waals surface area contributed by atoms with Gasteiger partial charge in [-0.25, -0.2) is 0 Å². The van der Waals surface area contributed by atoms with Gasteiger partial charge in [-0.15, -0.1) is 0 Å². The molecule has 2 saturated heterocycles. The summed E-state index contributed by atoms with van der Waals surface area (Å²) in [6.45, 7) is 12.0. The number of ether oxygens (including phenoxy) is 2. The number of rotatable bonds is 0. The molecule has 0 aromatic carbocycles. The maximum Gasteiger partial charge on any atom is 0.172 e. The Morgan fingerprint density at radius 1 is 1.13 bits per heavy atom. The Morgan fingerprint density at radius 3 is 2.68 bits per heavy atom. The lowest BCUT2D eigenvalue weighted by atomic mass is 9.46. The molecule has 2 heterocycles. The molecular weight excluding hydrogens is 388 g/mol. The average Bonchev–Trinajstić information content (AvgIpc) is 3.16. The normalized spacial score (nSPS) is 58.4. The van der Waals surface area contributed by atoms with Gasteiger partial charge in [0.15, 0.2) is 5.79 Å². The fourth-order valence-electron chi connectivity index (χ4n) is 9.55. The standard InChI is InChI=1S/C27H40O4/c1-15-7-10-27(30-14-15)16(2)24-22(31-27)13-21-19-6-5-17-11-18(28)12-23(29)26(17,4)20(19)8-9-25(21,24)3/h5,16,18-24,28-29H,1,6-14H2,2-4H3/t16-,18-,19-,20+,21-,22-,23-,24+,25+,26+,27-/m1/s1. The van der Waals surface area contributed by atoms with Crippen molar-refractivity contribution in [2.45, 2.75) is 96.2 Å². The van der Waals surface area contributed by atoms with Crippen molar-refractivity contribution < 1.29 is 19.7 Å². The van der Waals surface area contributed by atoms with Crippen LogP contribution in [-0.4, -0.2) is 40.9 Å². The van der Waals surface area contributed by atoms with Crippen LogP contribution in [0, 0.1) is 40.4 Å². The zero-order valence-corrected chi connectivity index (χ0v) is 19.5. The van der Waals surface area contributed by atoms with Gasteiger partial charge in [0.05, 0.1) is 24.9 Å². The van der Waals surface area contributed by atoms with E-state index < -0.39 is 11.9 Å². The molecule has 0 aromatic heterocycles. The first-order valence-corrected chi connectivity index (χ1v) is 12.7. The van der Waals surface area contributed by atoms with Crippen LogP contribution < -0.4 is 0 Å². The van der Waals surface area contributed by atoms with Gasteiger partial charge in [-0.1, -0.05) is 44.6 Å². The summed E-state index contributed by atoms with van der Waals surface area (Å²) in [5, 5.41) is 21.4. The zero-order chi connectivity index (χ0) is 21.8. The summed E-state index contributed by atoms with van der Waals surface area (Å²) in [5.74, 6) is 2.35. The second kappa shape index (κ2) is 6.68. The van der Waals surface area contributed by atoms with Gasteiger partial charge in [0, 0.05) is 24.2 Å². The fourth-order valence-corrected chi connectivity index (χ4v) is 9.55. The Kier molecular flexibility index (Phi) is 4.50. The first kappa shape index (κ1) is 20.9. The van der Waals surface area contributed by atoms with Crippen LogP contribution in [0.15, 0.2) is 23.8 Å². The molecule has 1 spiro atoms. The molecule has 31 heavy (non-hydrogen) atoms. The van der Waals surface area contributed by atoms with Crippen molar-refractivity contribution in [1.82, 2.24) is 0 Å². The molecule has 0 unspecified atom stereocenters. The Morgan fingerprint density at radius 2 is 1.94 bits per heavy atom. The van der Waals surface area contributed by atoms with Gasteiger partial charge in [-0.2, -0.15) is 0 Å². The fraction of sp³-hybridized carbons (Fsp3) is 0.852. The number of aliphatic hydroxyl groups excluding tert-OH is 2. The highest BCUT2D eigenvalue weighted by Crippen LogP contribution is 2.70. The molecule has 4 heteroatoms. The van der Waals surface area contributed by atoms with Crippen LogP contribution in [0.2, 0.25) is 0 Å². The molecule has 2 N–H and O–H groups in total. The number of fused-ring (bicyclic) bond motifs is 7. The third kappa shape index (κ3) is 2.62. The minimum Gasteiger partial charge on any atom is -0.393 e. The molecule has 6 rings (SSSR count). The Balaban J connectivity index is 1.30. The van der Waals surface area contributed by atoms with Crippen LogP contribution in [0.5, 0.6) is 0 Å². The van der Waals surface area contributed by atoms with E-state index in [2.05, 4.69) is 33.4 Å². The van der Waals surface area contributed by atoms with Crippen molar-refractivity contribution in [2.75, 3.05) is 6.61 Å². The molecule has 11 atom stereocenters. The van der Waals surface area contributed by atoms with Crippen LogP contribution in [0.3, 0.4) is 0 Å². The summed E-state index contributed by atoms with van der Waals surface area (Å²) in [6.07, 6.45) is 9.75. The first-order chi connectivity index (χ1) is 14.7. The van der Waals surface area contributed by atoms with E-state index in [1.165, 1.54) is 24.0 Å². The van der Waals surface area contributed by atoms with Crippen molar-refractivity contribution in [3.05, 3.63) is 23.8 Å². The summed E-state index contributed by atoms with van der Waals surface area (Å²) in [7, 11) is 0. The molecule has 172 valence electrons. The predicted molar refractivity (Wildman–Crippen MR) is 119 cm³/mol. The van der Waals surface area contributed by atoms with E-state index in [0.29, 0.717) is 48.7 Å². The van der Waals surface area contributed by atoms with Crippen LogP contribution >= 0.6 is 0 Å². The summed E-state index contributed by atoms with van der Waals surface area (Å²) in [6, 6.07) is 0. The Labute approximate surface area is 187 Å². The number of hydrogen-bond donors (Lipinski definition) is 2. The molecule has 2 aliphatic heterocycles. The molecule has 0 amide bonds. The SMILES string of the molecule is C=C1CC[C@@]2(OC1)O[C@@H]1C[C@@H]3[C@@H]4CC=C5C[C@@H](O)C[C@@H](O)[C@]5(C)[C@H]4CC[C@]3(C)[C@H]1[C@H]2C. The zero-order valence-electron chi connectivity index (χ0n) is 19.5. The molecule has 4 nitrogen and oxygen atoms in total. The summed E-state index contributed by atoms with van der Waals surface area (Å²) >= 11 is 0. The Bertz CT molecular complexity index is 808. The van der Waals surface area contributed by atoms with E-state index >= 15 is 0 Å². The molecule has 5 fully saturated rings. The number of allylic oxidation sites excluding steroid dienone is 1. The van der Waals surface area contributed by atoms with Crippen molar-refractivity contribution >= 4 is 0 Å². The van der Waals surface area contributed by atoms with E-state index in [1.54, 1.807) is 0 Å². The van der Waals surface area contributed by atoms with Gasteiger partial charge in [-0.3, -0.25) is 0 Å². The molecule has 0 bridgehead atoms. The van der Waals surface area contributed by atoms with Crippen LogP contribution in [0.4, 0.5) is 0 Å². The third-order valence-corrected chi connectivity index (χ3v) is 11.2. The largest absolute Gasteiger partial charge is 0.393 e. The topological polar surface area (TPSA) is 58.9 Å². The molecule has 4 aliphatic carbocycles. The smallest absolute Gasteiger partial charge is 0.172 e. The number of hydrogen-bond acceptors (Lipinski definition) is 4. The first-order valence-electron chi connectivity index (χ1n) is 12.7. The van der Waals surface area contributed by atoms with Gasteiger partial charge >= 0.3 is 0 Å². The summed E-state index contributed by atoms with van der Waals surface area (Å²) < 4.78 is 13.2. The van der Waals surface area contributed by atoms with Crippen molar-refractivity contribution in [3.63, 3.8) is 0 Å². The lowest BCUT2D eigenvalue weighted by molar-refractivity contribution is -0.255. The van der Waals surface area contributed by atoms with E-state index in [4.69, 9.17) is 9.47 Å². The molecule has 3 saturated carbocycles. The average molecular weight is 429 g/mol. The quantitative estimate of drug-likeness (QED) is 0.554. The highest BCUT2D eigenvalue weighted by Gasteiger charge is 2.69.